The topological polar surface area (TPSA) is 28.7 Å². The van der Waals surface area contributed by atoms with E-state index >= 15 is 0 Å². The minimum atomic E-state index is 0.923. The first-order valence-electron chi connectivity index (χ1n) is 8.17. The average Bonchev–Trinajstić information content (AvgIpc) is 3.08. The van der Waals surface area contributed by atoms with Gasteiger partial charge in [0.05, 0.1) is 11.0 Å². The molecule has 0 atom stereocenters. The van der Waals surface area contributed by atoms with Crippen molar-refractivity contribution in [1.82, 2.24) is 9.97 Å². The lowest BCUT2D eigenvalue weighted by molar-refractivity contribution is 1.34. The highest BCUT2D eigenvalue weighted by Crippen LogP contribution is 2.34. The number of H-pyrrole nitrogens is 1. The van der Waals surface area contributed by atoms with E-state index in [-0.39, 0.29) is 0 Å². The molecule has 0 aliphatic rings. The first-order chi connectivity index (χ1) is 11.8. The first-order valence-corrected chi connectivity index (χ1v) is 8.17. The van der Waals surface area contributed by atoms with Gasteiger partial charge in [0.25, 0.3) is 0 Å². The van der Waals surface area contributed by atoms with Crippen LogP contribution in [0.15, 0.2) is 72.8 Å². The van der Waals surface area contributed by atoms with Crippen LogP contribution in [0.5, 0.6) is 0 Å². The normalized spacial score (nSPS) is 11.5. The summed E-state index contributed by atoms with van der Waals surface area (Å²) in [5.41, 5.74) is 4.52. The van der Waals surface area contributed by atoms with Gasteiger partial charge in [0.1, 0.15) is 13.7 Å². The Balaban J connectivity index is 1.93. The minimum Gasteiger partial charge on any atom is -0.337 e. The maximum absolute atomic E-state index is 4.94. The molecular weight excluding hydrogens is 291 g/mol. The summed E-state index contributed by atoms with van der Waals surface area (Å²) in [6.07, 6.45) is 0. The van der Waals surface area contributed by atoms with Gasteiger partial charge in [-0.2, -0.15) is 0 Å². The van der Waals surface area contributed by atoms with Crippen LogP contribution in [0, 0.1) is 0 Å². The maximum atomic E-state index is 4.94. The molecule has 3 heteroatoms. The lowest BCUT2D eigenvalue weighted by Crippen LogP contribution is -1.99. The van der Waals surface area contributed by atoms with E-state index in [0.717, 1.165) is 22.4 Å². The molecule has 0 unspecified atom stereocenters. The third-order valence-electron chi connectivity index (χ3n) is 4.70. The molecule has 24 heavy (non-hydrogen) atoms. The summed E-state index contributed by atoms with van der Waals surface area (Å²) in [6.45, 7) is 0. The van der Waals surface area contributed by atoms with Crippen LogP contribution in [0.4, 0.5) is 0 Å². The molecule has 5 aromatic rings. The van der Waals surface area contributed by atoms with E-state index in [4.69, 9.17) is 4.98 Å². The molecule has 1 N–H and O–H groups in total. The lowest BCUT2D eigenvalue weighted by Gasteiger charge is -2.05. The molecule has 0 radical (unpaired) electrons. The van der Waals surface area contributed by atoms with E-state index in [0.29, 0.717) is 0 Å². The van der Waals surface area contributed by atoms with Crippen molar-refractivity contribution < 1.29 is 0 Å². The molecule has 0 amide bonds. The van der Waals surface area contributed by atoms with Crippen LogP contribution in [-0.2, 0) is 0 Å². The molecule has 0 aliphatic carbocycles. The lowest BCUT2D eigenvalue weighted by atomic mass is 9.95. The van der Waals surface area contributed by atoms with Gasteiger partial charge in [0.15, 0.2) is 0 Å². The van der Waals surface area contributed by atoms with E-state index in [2.05, 4.69) is 85.6 Å². The number of hydrogen-bond donors (Lipinski definition) is 1. The first kappa shape index (κ1) is 13.4. The summed E-state index contributed by atoms with van der Waals surface area (Å²) in [5, 5.41) is 4.93. The Kier molecular flexibility index (Phi) is 2.77. The van der Waals surface area contributed by atoms with Crippen LogP contribution < -0.4 is 5.46 Å². The van der Waals surface area contributed by atoms with Gasteiger partial charge >= 0.3 is 0 Å². The molecule has 5 rings (SSSR count). The van der Waals surface area contributed by atoms with Gasteiger partial charge in [-0.3, -0.25) is 0 Å². The van der Waals surface area contributed by atoms with Crippen molar-refractivity contribution in [3.05, 3.63) is 72.8 Å². The van der Waals surface area contributed by atoms with Gasteiger partial charge in [-0.25, -0.2) is 4.98 Å². The van der Waals surface area contributed by atoms with Gasteiger partial charge in [-0.1, -0.05) is 78.3 Å². The number of aromatic amines is 1. The molecule has 0 fully saturated rings. The molecule has 1 heterocycles. The summed E-state index contributed by atoms with van der Waals surface area (Å²) in [6, 6.07) is 25.5. The highest BCUT2D eigenvalue weighted by atomic mass is 14.9. The largest absolute Gasteiger partial charge is 0.337 e. The Morgan fingerprint density at radius 1 is 0.667 bits per heavy atom. The van der Waals surface area contributed by atoms with Crippen LogP contribution in [0.1, 0.15) is 0 Å². The molecule has 0 bridgehead atoms. The van der Waals surface area contributed by atoms with Crippen LogP contribution in [-0.4, -0.2) is 17.8 Å². The highest BCUT2D eigenvalue weighted by Gasteiger charge is 2.13. The summed E-state index contributed by atoms with van der Waals surface area (Å²) in [5.74, 6) is 0.923. The third kappa shape index (κ3) is 1.88. The molecule has 0 spiro atoms. The Hall–Kier alpha value is -3.07. The summed E-state index contributed by atoms with van der Waals surface area (Å²) >= 11 is 0. The highest BCUT2D eigenvalue weighted by molar-refractivity contribution is 6.32. The van der Waals surface area contributed by atoms with Crippen molar-refractivity contribution >= 4 is 45.9 Å². The van der Waals surface area contributed by atoms with Crippen LogP contribution in [0.3, 0.4) is 0 Å². The van der Waals surface area contributed by atoms with Crippen LogP contribution in [0.25, 0.3) is 44.0 Å². The van der Waals surface area contributed by atoms with E-state index in [9.17, 15) is 0 Å². The molecular formula is C21H15BN2. The van der Waals surface area contributed by atoms with Gasteiger partial charge in [0.2, 0.25) is 0 Å². The van der Waals surface area contributed by atoms with Gasteiger partial charge in [-0.15, -0.1) is 0 Å². The van der Waals surface area contributed by atoms with Gasteiger partial charge < -0.3 is 4.98 Å². The molecule has 0 saturated heterocycles. The predicted octanol–water partition coefficient (Wildman–Crippen LogP) is 3.79. The second-order valence-corrected chi connectivity index (χ2v) is 6.27. The summed E-state index contributed by atoms with van der Waals surface area (Å²) in [4.78, 5) is 8.49. The number of hydrogen-bond acceptors (Lipinski definition) is 1. The van der Waals surface area contributed by atoms with Crippen molar-refractivity contribution in [2.75, 3.05) is 0 Å². The summed E-state index contributed by atoms with van der Waals surface area (Å²) < 4.78 is 0. The standard InChI is InChI=1S/C21H15BN2/c22-14-11-9-13(10-12-14)21-23-19-17-7-3-1-5-15(17)16-6-2-4-8-18(16)20(19)24-21/h1-12H,22H2,(H,23,24). The second kappa shape index (κ2) is 4.97. The zero-order chi connectivity index (χ0) is 16.1. The second-order valence-electron chi connectivity index (χ2n) is 6.27. The molecule has 1 aromatic heterocycles. The van der Waals surface area contributed by atoms with Crippen molar-refractivity contribution in [3.8, 4) is 11.4 Å². The van der Waals surface area contributed by atoms with Crippen molar-refractivity contribution in [2.24, 2.45) is 0 Å². The van der Waals surface area contributed by atoms with E-state index in [1.165, 1.54) is 27.0 Å². The Morgan fingerprint density at radius 3 is 1.96 bits per heavy atom. The maximum Gasteiger partial charge on any atom is 0.139 e. The summed E-state index contributed by atoms with van der Waals surface area (Å²) in [7, 11) is 2.10. The Morgan fingerprint density at radius 2 is 1.25 bits per heavy atom. The molecule has 0 saturated carbocycles. The molecule has 2 nitrogen and oxygen atoms in total. The minimum absolute atomic E-state index is 0.923. The number of nitrogens with one attached hydrogen (secondary N) is 1. The molecule has 4 aromatic carbocycles. The molecule has 0 aliphatic heterocycles. The Labute approximate surface area is 140 Å². The van der Waals surface area contributed by atoms with Gasteiger partial charge in [0, 0.05) is 16.3 Å². The number of aromatic nitrogens is 2. The van der Waals surface area contributed by atoms with Crippen molar-refractivity contribution in [1.29, 1.82) is 0 Å². The van der Waals surface area contributed by atoms with Crippen molar-refractivity contribution in [3.63, 3.8) is 0 Å². The zero-order valence-corrected chi connectivity index (χ0v) is 13.4. The molecule has 112 valence electrons. The van der Waals surface area contributed by atoms with E-state index in [1.54, 1.807) is 0 Å². The smallest absolute Gasteiger partial charge is 0.139 e. The van der Waals surface area contributed by atoms with Crippen LogP contribution >= 0.6 is 0 Å². The number of benzene rings is 4. The van der Waals surface area contributed by atoms with Crippen molar-refractivity contribution in [2.45, 2.75) is 0 Å². The fourth-order valence-electron chi connectivity index (χ4n) is 3.47. The SMILES string of the molecule is Bc1ccc(-c2nc3c4ccccc4c4ccccc4c3[nH]2)cc1. The van der Waals surface area contributed by atoms with E-state index in [1.807, 2.05) is 0 Å². The Bertz CT molecular complexity index is 1130. The number of imidazole rings is 1. The third-order valence-corrected chi connectivity index (χ3v) is 4.70. The number of nitrogens with zero attached hydrogens (tertiary/aromatic N) is 1. The van der Waals surface area contributed by atoms with Crippen LogP contribution in [0.2, 0.25) is 0 Å². The predicted molar refractivity (Wildman–Crippen MR) is 105 cm³/mol. The fourth-order valence-corrected chi connectivity index (χ4v) is 3.47. The average molecular weight is 306 g/mol. The zero-order valence-electron chi connectivity index (χ0n) is 13.4. The fraction of sp³-hybridized carbons (Fsp3) is 0. The quantitative estimate of drug-likeness (QED) is 0.370. The van der Waals surface area contributed by atoms with Gasteiger partial charge in [-0.05, 0) is 10.8 Å². The number of fused-ring (bicyclic) bond motifs is 6. The van der Waals surface area contributed by atoms with E-state index < -0.39 is 0 Å². The number of rotatable bonds is 1. The monoisotopic (exact) mass is 306 g/mol.